The lowest BCUT2D eigenvalue weighted by Crippen LogP contribution is -2.11. The Bertz CT molecular complexity index is 330. The first-order valence-electron chi connectivity index (χ1n) is 4.67. The summed E-state index contributed by atoms with van der Waals surface area (Å²) in [5.41, 5.74) is 0.672. The lowest BCUT2D eigenvalue weighted by atomic mass is 10.1. The molecular weight excluding hydrogens is 235 g/mol. The van der Waals surface area contributed by atoms with Gasteiger partial charge >= 0.3 is 0 Å². The molecule has 0 fully saturated rings. The van der Waals surface area contributed by atoms with E-state index >= 15 is 0 Å². The lowest BCUT2D eigenvalue weighted by Gasteiger charge is -2.05. The molecule has 0 bridgehead atoms. The molecule has 0 spiro atoms. The predicted molar refractivity (Wildman–Crippen MR) is 61.7 cm³/mol. The first-order valence-corrected chi connectivity index (χ1v) is 5.43. The molecule has 0 atom stereocenters. The van der Waals surface area contributed by atoms with E-state index in [2.05, 4.69) is 0 Å². The maximum absolute atomic E-state index is 11.4. The van der Waals surface area contributed by atoms with E-state index < -0.39 is 0 Å². The molecule has 0 N–H and O–H groups in total. The molecule has 1 rings (SSSR count). The van der Waals surface area contributed by atoms with Crippen LogP contribution in [0.15, 0.2) is 18.2 Å². The minimum absolute atomic E-state index is 0.0214. The summed E-state index contributed by atoms with van der Waals surface area (Å²) in [6.45, 7) is 2.48. The van der Waals surface area contributed by atoms with Crippen LogP contribution in [0.5, 0.6) is 0 Å². The molecule has 15 heavy (non-hydrogen) atoms. The van der Waals surface area contributed by atoms with Gasteiger partial charge in [-0.25, -0.2) is 0 Å². The van der Waals surface area contributed by atoms with Crippen LogP contribution in [0.3, 0.4) is 0 Å². The van der Waals surface area contributed by atoms with Crippen LogP contribution in [0.4, 0.5) is 0 Å². The quantitative estimate of drug-likeness (QED) is 0.798. The highest BCUT2D eigenvalue weighted by Gasteiger charge is 2.10. The first-order chi connectivity index (χ1) is 7.15. The van der Waals surface area contributed by atoms with Gasteiger partial charge in [-0.15, -0.1) is 0 Å². The van der Waals surface area contributed by atoms with Crippen LogP contribution in [-0.2, 0) is 16.0 Å². The van der Waals surface area contributed by atoms with Crippen LogP contribution in [0.25, 0.3) is 0 Å². The molecule has 0 unspecified atom stereocenters. The standard InChI is InChI=1S/C11H12Cl2O2/c1-2-15-7-8(14)6-9-10(12)4-3-5-11(9)13/h3-5H,2,6-7H2,1H3. The van der Waals surface area contributed by atoms with Gasteiger partial charge in [-0.3, -0.25) is 4.79 Å². The van der Waals surface area contributed by atoms with E-state index in [4.69, 9.17) is 27.9 Å². The Balaban J connectivity index is 2.68. The summed E-state index contributed by atoms with van der Waals surface area (Å²) in [6, 6.07) is 5.19. The smallest absolute Gasteiger partial charge is 0.162 e. The minimum atomic E-state index is -0.0214. The van der Waals surface area contributed by atoms with Gasteiger partial charge in [-0.1, -0.05) is 29.3 Å². The van der Waals surface area contributed by atoms with Crippen LogP contribution in [0, 0.1) is 0 Å². The summed E-state index contributed by atoms with van der Waals surface area (Å²) in [4.78, 5) is 11.4. The normalized spacial score (nSPS) is 10.3. The van der Waals surface area contributed by atoms with Crippen molar-refractivity contribution in [2.75, 3.05) is 13.2 Å². The third-order valence-corrected chi connectivity index (χ3v) is 2.61. The van der Waals surface area contributed by atoms with Gasteiger partial charge in [0.2, 0.25) is 0 Å². The lowest BCUT2D eigenvalue weighted by molar-refractivity contribution is -0.122. The molecule has 1 aromatic carbocycles. The van der Waals surface area contributed by atoms with Gasteiger partial charge in [0, 0.05) is 23.1 Å². The highest BCUT2D eigenvalue weighted by atomic mass is 35.5. The van der Waals surface area contributed by atoms with Gasteiger partial charge in [0.25, 0.3) is 0 Å². The van der Waals surface area contributed by atoms with Crippen molar-refractivity contribution in [1.82, 2.24) is 0 Å². The molecule has 0 aliphatic heterocycles. The van der Waals surface area contributed by atoms with Gasteiger partial charge in [0.15, 0.2) is 5.78 Å². The number of hydrogen-bond donors (Lipinski definition) is 0. The molecule has 0 saturated carbocycles. The average molecular weight is 247 g/mol. The van der Waals surface area contributed by atoms with E-state index in [1.807, 2.05) is 6.92 Å². The SMILES string of the molecule is CCOCC(=O)Cc1c(Cl)cccc1Cl. The van der Waals surface area contributed by atoms with E-state index in [9.17, 15) is 4.79 Å². The molecule has 82 valence electrons. The van der Waals surface area contributed by atoms with Crippen molar-refractivity contribution in [3.63, 3.8) is 0 Å². The fourth-order valence-electron chi connectivity index (χ4n) is 1.17. The molecule has 0 amide bonds. The van der Waals surface area contributed by atoms with Gasteiger partial charge in [-0.2, -0.15) is 0 Å². The summed E-state index contributed by atoms with van der Waals surface area (Å²) in [5, 5.41) is 1.04. The Morgan fingerprint density at radius 3 is 2.47 bits per heavy atom. The first kappa shape index (κ1) is 12.5. The molecule has 0 saturated heterocycles. The molecule has 0 aromatic heterocycles. The van der Waals surface area contributed by atoms with Crippen LogP contribution in [-0.4, -0.2) is 19.0 Å². The molecule has 2 nitrogen and oxygen atoms in total. The van der Waals surface area contributed by atoms with E-state index in [-0.39, 0.29) is 18.8 Å². The molecule has 1 aromatic rings. The summed E-state index contributed by atoms with van der Waals surface area (Å²) < 4.78 is 5.01. The highest BCUT2D eigenvalue weighted by Crippen LogP contribution is 2.24. The van der Waals surface area contributed by atoms with Crippen LogP contribution in [0.2, 0.25) is 10.0 Å². The van der Waals surface area contributed by atoms with Gasteiger partial charge in [-0.05, 0) is 24.6 Å². The number of halogens is 2. The van der Waals surface area contributed by atoms with Crippen molar-refractivity contribution >= 4 is 29.0 Å². The Hall–Kier alpha value is -0.570. The zero-order valence-corrected chi connectivity index (χ0v) is 9.94. The summed E-state index contributed by atoms with van der Waals surface area (Å²) in [6.07, 6.45) is 0.221. The van der Waals surface area contributed by atoms with Crippen molar-refractivity contribution in [3.05, 3.63) is 33.8 Å². The number of rotatable bonds is 5. The Morgan fingerprint density at radius 2 is 1.93 bits per heavy atom. The molecule has 0 aliphatic carbocycles. The number of Topliss-reactive ketones (excluding diaryl/α,β-unsaturated/α-hetero) is 1. The van der Waals surface area contributed by atoms with Crippen LogP contribution in [0.1, 0.15) is 12.5 Å². The minimum Gasteiger partial charge on any atom is -0.374 e. The Morgan fingerprint density at radius 1 is 1.33 bits per heavy atom. The third-order valence-electron chi connectivity index (χ3n) is 1.90. The van der Waals surface area contributed by atoms with Gasteiger partial charge < -0.3 is 4.74 Å². The number of ether oxygens (including phenoxy) is 1. The summed E-state index contributed by atoms with van der Waals surface area (Å²) in [5.74, 6) is -0.0214. The second kappa shape index (κ2) is 6.11. The van der Waals surface area contributed by atoms with E-state index in [0.717, 1.165) is 0 Å². The number of ketones is 1. The topological polar surface area (TPSA) is 26.3 Å². The van der Waals surface area contributed by atoms with Crippen molar-refractivity contribution in [2.45, 2.75) is 13.3 Å². The number of hydrogen-bond acceptors (Lipinski definition) is 2. The average Bonchev–Trinajstić information content (AvgIpc) is 2.21. The number of carbonyl (C=O) groups excluding carboxylic acids is 1. The van der Waals surface area contributed by atoms with Crippen molar-refractivity contribution < 1.29 is 9.53 Å². The van der Waals surface area contributed by atoms with Crippen LogP contribution < -0.4 is 0 Å². The van der Waals surface area contributed by atoms with Gasteiger partial charge in [0.05, 0.1) is 0 Å². The molecule has 0 aliphatic rings. The predicted octanol–water partition coefficient (Wildman–Crippen LogP) is 3.14. The molecule has 0 radical (unpaired) electrons. The van der Waals surface area contributed by atoms with Crippen molar-refractivity contribution in [3.8, 4) is 0 Å². The van der Waals surface area contributed by atoms with E-state index in [1.54, 1.807) is 18.2 Å². The molecule has 0 heterocycles. The number of benzene rings is 1. The Labute approximate surface area is 99.1 Å². The number of carbonyl (C=O) groups is 1. The van der Waals surface area contributed by atoms with Crippen molar-refractivity contribution in [2.24, 2.45) is 0 Å². The largest absolute Gasteiger partial charge is 0.374 e. The summed E-state index contributed by atoms with van der Waals surface area (Å²) in [7, 11) is 0. The zero-order chi connectivity index (χ0) is 11.3. The fraction of sp³-hybridized carbons (Fsp3) is 0.364. The van der Waals surface area contributed by atoms with E-state index in [1.165, 1.54) is 0 Å². The zero-order valence-electron chi connectivity index (χ0n) is 8.43. The molecule has 4 heteroatoms. The fourth-order valence-corrected chi connectivity index (χ4v) is 1.70. The maximum Gasteiger partial charge on any atom is 0.162 e. The summed E-state index contributed by atoms with van der Waals surface area (Å²) >= 11 is 11.9. The second-order valence-electron chi connectivity index (χ2n) is 3.05. The van der Waals surface area contributed by atoms with Crippen LogP contribution >= 0.6 is 23.2 Å². The Kier molecular flexibility index (Phi) is 5.09. The maximum atomic E-state index is 11.4. The highest BCUT2D eigenvalue weighted by molar-refractivity contribution is 6.36. The third kappa shape index (κ3) is 3.82. The van der Waals surface area contributed by atoms with Gasteiger partial charge in [0.1, 0.15) is 6.61 Å². The monoisotopic (exact) mass is 246 g/mol. The van der Waals surface area contributed by atoms with Crippen molar-refractivity contribution in [1.29, 1.82) is 0 Å². The molecular formula is C11H12Cl2O2. The van der Waals surface area contributed by atoms with E-state index in [0.29, 0.717) is 22.2 Å². The second-order valence-corrected chi connectivity index (χ2v) is 3.87.